The quantitative estimate of drug-likeness (QED) is 0.221. The second-order valence-electron chi connectivity index (χ2n) is 8.89. The van der Waals surface area contributed by atoms with Gasteiger partial charge in [0.25, 0.3) is 0 Å². The molecule has 2 aromatic heterocycles. The summed E-state index contributed by atoms with van der Waals surface area (Å²) < 4.78 is 1.76. The number of H-pyrrole nitrogens is 1. The first-order valence-electron chi connectivity index (χ1n) is 11.8. The number of carbonyl (C=O) groups is 2. The summed E-state index contributed by atoms with van der Waals surface area (Å²) in [6, 6.07) is 19.7. The van der Waals surface area contributed by atoms with Gasteiger partial charge in [0, 0.05) is 53.0 Å². The average molecular weight is 513 g/mol. The van der Waals surface area contributed by atoms with Crippen LogP contribution in [0.25, 0.3) is 22.0 Å². The second kappa shape index (κ2) is 10.4. The molecular formula is C29H25ClN4O3. The molecule has 0 bridgehead atoms. The number of fused-ring (bicyclic) bond motifs is 1. The number of aryl methyl sites for hydroxylation is 1. The molecule has 0 aliphatic carbocycles. The van der Waals surface area contributed by atoms with E-state index in [-0.39, 0.29) is 11.3 Å². The van der Waals surface area contributed by atoms with Crippen molar-refractivity contribution in [3.63, 3.8) is 0 Å². The Morgan fingerprint density at radius 1 is 1.08 bits per heavy atom. The highest BCUT2D eigenvalue weighted by Crippen LogP contribution is 2.29. The third-order valence-electron chi connectivity index (χ3n) is 6.42. The molecule has 3 aromatic carbocycles. The summed E-state index contributed by atoms with van der Waals surface area (Å²) in [6.45, 7) is 0.477. The van der Waals surface area contributed by atoms with E-state index in [1.165, 1.54) is 12.1 Å². The van der Waals surface area contributed by atoms with Gasteiger partial charge in [0.05, 0.1) is 17.8 Å². The minimum absolute atomic E-state index is 0.0427. The number of aromatic carboxylic acids is 1. The summed E-state index contributed by atoms with van der Waals surface area (Å²) in [5.41, 5.74) is 5.33. The van der Waals surface area contributed by atoms with Gasteiger partial charge in [-0.05, 0) is 41.3 Å². The van der Waals surface area contributed by atoms with Crippen LogP contribution in [0.5, 0.6) is 0 Å². The van der Waals surface area contributed by atoms with Crippen LogP contribution in [-0.4, -0.2) is 38.2 Å². The fraction of sp³-hybridized carbons (Fsp3) is 0.138. The average Bonchev–Trinajstić information content (AvgIpc) is 3.53. The number of Topliss-reactive ketones (excluding diaryl/α,β-unsaturated/α-hetero) is 1. The Morgan fingerprint density at radius 3 is 2.59 bits per heavy atom. The van der Waals surface area contributed by atoms with E-state index in [1.54, 1.807) is 16.9 Å². The summed E-state index contributed by atoms with van der Waals surface area (Å²) in [6.07, 6.45) is 6.07. The van der Waals surface area contributed by atoms with Crippen LogP contribution < -0.4 is 5.32 Å². The van der Waals surface area contributed by atoms with Crippen LogP contribution in [0.1, 0.15) is 37.9 Å². The van der Waals surface area contributed by atoms with Gasteiger partial charge in [0.1, 0.15) is 0 Å². The van der Waals surface area contributed by atoms with E-state index < -0.39 is 12.0 Å². The first-order valence-corrected chi connectivity index (χ1v) is 12.2. The Labute approximate surface area is 218 Å². The Balaban J connectivity index is 1.39. The molecule has 5 aromatic rings. The molecule has 2 heterocycles. The fourth-order valence-corrected chi connectivity index (χ4v) is 4.75. The predicted octanol–water partition coefficient (Wildman–Crippen LogP) is 5.68. The highest BCUT2D eigenvalue weighted by atomic mass is 35.5. The Kier molecular flexibility index (Phi) is 6.90. The predicted molar refractivity (Wildman–Crippen MR) is 144 cm³/mol. The monoisotopic (exact) mass is 512 g/mol. The maximum Gasteiger partial charge on any atom is 0.335 e. The van der Waals surface area contributed by atoms with Gasteiger partial charge in [0.2, 0.25) is 0 Å². The van der Waals surface area contributed by atoms with Crippen LogP contribution in [0.2, 0.25) is 5.02 Å². The normalized spacial score (nSPS) is 12.1. The van der Waals surface area contributed by atoms with Crippen LogP contribution in [0.3, 0.4) is 0 Å². The first-order chi connectivity index (χ1) is 17.9. The molecule has 3 N–H and O–H groups in total. The number of hydrogen-bond acceptors (Lipinski definition) is 4. The van der Waals surface area contributed by atoms with E-state index in [2.05, 4.69) is 15.4 Å². The molecule has 0 saturated carbocycles. The van der Waals surface area contributed by atoms with Gasteiger partial charge < -0.3 is 15.4 Å². The van der Waals surface area contributed by atoms with E-state index in [0.717, 1.165) is 33.2 Å². The lowest BCUT2D eigenvalue weighted by molar-refractivity contribution is 0.0696. The maximum absolute atomic E-state index is 13.8. The van der Waals surface area contributed by atoms with Crippen molar-refractivity contribution in [2.24, 2.45) is 7.05 Å². The minimum atomic E-state index is -1.02. The zero-order valence-corrected chi connectivity index (χ0v) is 20.9. The van der Waals surface area contributed by atoms with Crippen molar-refractivity contribution in [3.8, 4) is 11.1 Å². The summed E-state index contributed by atoms with van der Waals surface area (Å²) >= 11 is 6.31. The summed E-state index contributed by atoms with van der Waals surface area (Å²) in [7, 11) is 1.88. The number of nitrogens with zero attached hydrogens (tertiary/aromatic N) is 2. The smallest absolute Gasteiger partial charge is 0.335 e. The molecule has 186 valence electrons. The van der Waals surface area contributed by atoms with E-state index in [4.69, 9.17) is 16.7 Å². The second-order valence-corrected chi connectivity index (χ2v) is 9.30. The highest BCUT2D eigenvalue weighted by Gasteiger charge is 2.24. The number of rotatable bonds is 9. The Morgan fingerprint density at radius 2 is 1.89 bits per heavy atom. The summed E-state index contributed by atoms with van der Waals surface area (Å²) in [4.78, 5) is 28.3. The molecule has 0 fully saturated rings. The van der Waals surface area contributed by atoms with Crippen molar-refractivity contribution < 1.29 is 14.7 Å². The number of carboxylic acid groups (broad SMARTS) is 1. The van der Waals surface area contributed by atoms with Gasteiger partial charge in [-0.1, -0.05) is 60.1 Å². The van der Waals surface area contributed by atoms with Crippen molar-refractivity contribution >= 4 is 34.3 Å². The SMILES string of the molecule is Cn1cc(-c2ccc3c(C(=O)[C@@H](NCCc4ccc(C(=O)O)cc4Cl)c4ccccc4)c[nH]c3c2)cn1. The molecule has 0 aliphatic rings. The van der Waals surface area contributed by atoms with E-state index in [1.807, 2.05) is 68.0 Å². The van der Waals surface area contributed by atoms with Gasteiger partial charge in [-0.15, -0.1) is 0 Å². The summed E-state index contributed by atoms with van der Waals surface area (Å²) in [5.74, 6) is -1.06. The molecule has 0 radical (unpaired) electrons. The molecule has 5 rings (SSSR count). The lowest BCUT2D eigenvalue weighted by Crippen LogP contribution is -2.30. The van der Waals surface area contributed by atoms with Crippen molar-refractivity contribution in [3.05, 3.63) is 113 Å². The largest absolute Gasteiger partial charge is 0.478 e. The number of halogens is 1. The molecule has 37 heavy (non-hydrogen) atoms. The Bertz CT molecular complexity index is 1590. The number of carbonyl (C=O) groups excluding carboxylic acids is 1. The molecule has 0 aliphatic heterocycles. The highest BCUT2D eigenvalue weighted by molar-refractivity contribution is 6.31. The number of hydrogen-bond donors (Lipinski definition) is 3. The van der Waals surface area contributed by atoms with Crippen molar-refractivity contribution in [2.75, 3.05) is 6.54 Å². The third kappa shape index (κ3) is 5.18. The van der Waals surface area contributed by atoms with Crippen LogP contribution >= 0.6 is 11.6 Å². The number of nitrogens with one attached hydrogen (secondary N) is 2. The number of carboxylic acids is 1. The maximum atomic E-state index is 13.8. The molecule has 0 unspecified atom stereocenters. The lowest BCUT2D eigenvalue weighted by atomic mass is 9.96. The van der Waals surface area contributed by atoms with E-state index in [9.17, 15) is 9.59 Å². The zero-order chi connectivity index (χ0) is 25.9. The molecule has 0 spiro atoms. The molecular weight excluding hydrogens is 488 g/mol. The van der Waals surface area contributed by atoms with Gasteiger partial charge in [0.15, 0.2) is 5.78 Å². The minimum Gasteiger partial charge on any atom is -0.478 e. The number of ketones is 1. The van der Waals surface area contributed by atoms with E-state index in [0.29, 0.717) is 23.6 Å². The third-order valence-corrected chi connectivity index (χ3v) is 6.78. The topological polar surface area (TPSA) is 100 Å². The fourth-order valence-electron chi connectivity index (χ4n) is 4.48. The molecule has 7 nitrogen and oxygen atoms in total. The Hall–Kier alpha value is -4.20. The molecule has 1 atom stereocenters. The van der Waals surface area contributed by atoms with Crippen molar-refractivity contribution in [2.45, 2.75) is 12.5 Å². The number of aromatic amines is 1. The van der Waals surface area contributed by atoms with Crippen molar-refractivity contribution in [1.29, 1.82) is 0 Å². The van der Waals surface area contributed by atoms with Gasteiger partial charge in [-0.2, -0.15) is 5.10 Å². The van der Waals surface area contributed by atoms with Crippen LogP contribution in [0.15, 0.2) is 85.3 Å². The molecule has 8 heteroatoms. The van der Waals surface area contributed by atoms with Gasteiger partial charge in [-0.3, -0.25) is 9.48 Å². The number of aromatic nitrogens is 3. The van der Waals surface area contributed by atoms with Gasteiger partial charge in [-0.25, -0.2) is 4.79 Å². The van der Waals surface area contributed by atoms with Gasteiger partial charge >= 0.3 is 5.97 Å². The van der Waals surface area contributed by atoms with Crippen LogP contribution in [0.4, 0.5) is 0 Å². The molecule has 0 amide bonds. The standard InChI is InChI=1S/C29H25ClN4O3/c1-34-17-22(15-33-34)20-9-10-23-24(16-32-26(23)14-20)28(35)27(19-5-3-2-4-6-19)31-12-11-18-7-8-21(29(36)37)13-25(18)30/h2-10,13-17,27,31-32H,11-12H2,1H3,(H,36,37)/t27-/m0/s1. The molecule has 0 saturated heterocycles. The van der Waals surface area contributed by atoms with E-state index >= 15 is 0 Å². The number of benzene rings is 3. The lowest BCUT2D eigenvalue weighted by Gasteiger charge is -2.18. The van der Waals surface area contributed by atoms with Crippen LogP contribution in [-0.2, 0) is 13.5 Å². The van der Waals surface area contributed by atoms with Crippen molar-refractivity contribution in [1.82, 2.24) is 20.1 Å². The first kappa shape index (κ1) is 24.5. The zero-order valence-electron chi connectivity index (χ0n) is 20.1. The van der Waals surface area contributed by atoms with Crippen LogP contribution in [0, 0.1) is 0 Å². The summed E-state index contributed by atoms with van der Waals surface area (Å²) in [5, 5.41) is 18.0.